The molecule has 3 aromatic heterocycles. The molecule has 0 radical (unpaired) electrons. The maximum Gasteiger partial charge on any atom is 0.161 e. The molecule has 34 heavy (non-hydrogen) atoms. The second-order valence-electron chi connectivity index (χ2n) is 8.64. The standard InChI is InChI=1S/C25H28ClN7O/c1-17-29-30-25-4-3-22-24(33(17)25)14-23(21(27)5-6-28-2)32(22)16-19-11-18(12-20(26)13-19)15-31-7-9-34-10-8-31/h3-4,6,11-14,27H,5,7-10,15-16H2,1-2H3. The number of nitrogens with one attached hydrogen (secondary N) is 1. The van der Waals surface area contributed by atoms with Crippen LogP contribution in [0.15, 0.2) is 41.4 Å². The molecule has 4 aromatic rings. The first kappa shape index (κ1) is 22.7. The molecule has 176 valence electrons. The molecular weight excluding hydrogens is 450 g/mol. The third-order valence-electron chi connectivity index (χ3n) is 6.25. The summed E-state index contributed by atoms with van der Waals surface area (Å²) in [6.45, 7) is 6.80. The Balaban J connectivity index is 1.56. The number of halogens is 1. The van der Waals surface area contributed by atoms with E-state index in [1.807, 2.05) is 29.5 Å². The molecule has 0 aliphatic carbocycles. The summed E-state index contributed by atoms with van der Waals surface area (Å²) in [5.74, 6) is 0.821. The molecule has 1 N–H and O–H groups in total. The number of fused-ring (bicyclic) bond motifs is 3. The number of ether oxygens (including phenoxy) is 1. The van der Waals surface area contributed by atoms with Crippen molar-refractivity contribution in [2.45, 2.75) is 26.4 Å². The van der Waals surface area contributed by atoms with E-state index in [1.165, 1.54) is 5.56 Å². The molecule has 8 nitrogen and oxygen atoms in total. The molecule has 0 atom stereocenters. The highest BCUT2D eigenvalue weighted by molar-refractivity contribution is 6.30. The van der Waals surface area contributed by atoms with Gasteiger partial charge in [-0.2, -0.15) is 0 Å². The van der Waals surface area contributed by atoms with E-state index in [2.05, 4.69) is 42.9 Å². The molecule has 1 aliphatic rings. The van der Waals surface area contributed by atoms with Crippen LogP contribution in [0.3, 0.4) is 0 Å². The summed E-state index contributed by atoms with van der Waals surface area (Å²) in [4.78, 5) is 6.46. The van der Waals surface area contributed by atoms with Crippen molar-refractivity contribution < 1.29 is 4.74 Å². The van der Waals surface area contributed by atoms with Gasteiger partial charge in [-0.1, -0.05) is 17.7 Å². The van der Waals surface area contributed by atoms with Gasteiger partial charge in [-0.15, -0.1) is 10.2 Å². The van der Waals surface area contributed by atoms with Gasteiger partial charge in [-0.05, 0) is 48.4 Å². The van der Waals surface area contributed by atoms with Gasteiger partial charge in [-0.3, -0.25) is 9.30 Å². The maximum atomic E-state index is 8.75. The first-order valence-electron chi connectivity index (χ1n) is 11.4. The molecule has 0 bridgehead atoms. The molecule has 0 amide bonds. The van der Waals surface area contributed by atoms with Crippen LogP contribution in [0.5, 0.6) is 0 Å². The summed E-state index contributed by atoms with van der Waals surface area (Å²) in [5.41, 5.74) is 6.47. The lowest BCUT2D eigenvalue weighted by atomic mass is 10.1. The molecule has 1 saturated heterocycles. The fourth-order valence-corrected chi connectivity index (χ4v) is 4.93. The van der Waals surface area contributed by atoms with Crippen molar-refractivity contribution in [2.75, 3.05) is 33.4 Å². The molecule has 1 aromatic carbocycles. The number of hydrogen-bond donors (Lipinski definition) is 1. The molecule has 1 aliphatic heterocycles. The first-order chi connectivity index (χ1) is 16.5. The maximum absolute atomic E-state index is 8.75. The molecule has 0 unspecified atom stereocenters. The predicted molar refractivity (Wildman–Crippen MR) is 136 cm³/mol. The Kier molecular flexibility index (Phi) is 6.45. The predicted octanol–water partition coefficient (Wildman–Crippen LogP) is 3.98. The molecule has 0 saturated carbocycles. The van der Waals surface area contributed by atoms with Crippen molar-refractivity contribution in [1.82, 2.24) is 24.1 Å². The lowest BCUT2D eigenvalue weighted by Gasteiger charge is -2.26. The van der Waals surface area contributed by atoms with Crippen LogP contribution in [0.2, 0.25) is 5.02 Å². The normalized spacial score (nSPS) is 15.1. The van der Waals surface area contributed by atoms with E-state index >= 15 is 0 Å². The number of nitrogens with zero attached hydrogens (tertiary/aromatic N) is 6. The lowest BCUT2D eigenvalue weighted by molar-refractivity contribution is 0.0342. The average molecular weight is 478 g/mol. The van der Waals surface area contributed by atoms with Crippen LogP contribution in [0.4, 0.5) is 0 Å². The monoisotopic (exact) mass is 477 g/mol. The van der Waals surface area contributed by atoms with Crippen LogP contribution in [0.25, 0.3) is 16.7 Å². The zero-order chi connectivity index (χ0) is 23.7. The zero-order valence-electron chi connectivity index (χ0n) is 19.5. The van der Waals surface area contributed by atoms with Crippen molar-refractivity contribution in [3.63, 3.8) is 0 Å². The fraction of sp³-hybridized carbons (Fsp3) is 0.360. The number of aliphatic imine (C=N–C) groups is 1. The number of rotatable bonds is 7. The Hall–Kier alpha value is -3.07. The van der Waals surface area contributed by atoms with Crippen LogP contribution in [0.1, 0.15) is 29.1 Å². The van der Waals surface area contributed by atoms with Gasteiger partial charge in [0.05, 0.1) is 35.7 Å². The van der Waals surface area contributed by atoms with Crippen LogP contribution < -0.4 is 0 Å². The number of benzene rings is 1. The molecule has 4 heterocycles. The van der Waals surface area contributed by atoms with E-state index in [0.29, 0.717) is 18.7 Å². The third kappa shape index (κ3) is 4.49. The Morgan fingerprint density at radius 3 is 2.62 bits per heavy atom. The van der Waals surface area contributed by atoms with E-state index in [4.69, 9.17) is 21.7 Å². The van der Waals surface area contributed by atoms with E-state index in [1.54, 1.807) is 13.3 Å². The number of hydrogen-bond acceptors (Lipinski definition) is 6. The van der Waals surface area contributed by atoms with Crippen molar-refractivity contribution >= 4 is 40.2 Å². The largest absolute Gasteiger partial charge is 0.379 e. The molecule has 1 fully saturated rings. The summed E-state index contributed by atoms with van der Waals surface area (Å²) >= 11 is 6.55. The Labute approximate surface area is 203 Å². The number of aryl methyl sites for hydroxylation is 1. The minimum absolute atomic E-state index is 0.467. The van der Waals surface area contributed by atoms with E-state index in [0.717, 1.165) is 71.6 Å². The van der Waals surface area contributed by atoms with Crippen molar-refractivity contribution in [2.24, 2.45) is 4.99 Å². The average Bonchev–Trinajstić information content (AvgIpc) is 3.38. The lowest BCUT2D eigenvalue weighted by Crippen LogP contribution is -2.35. The van der Waals surface area contributed by atoms with Crippen LogP contribution in [-0.2, 0) is 17.8 Å². The summed E-state index contributed by atoms with van der Waals surface area (Å²) in [6, 6.07) is 12.4. The minimum atomic E-state index is 0.467. The quantitative estimate of drug-likeness (QED) is 0.408. The van der Waals surface area contributed by atoms with Gasteiger partial charge < -0.3 is 19.7 Å². The summed E-state index contributed by atoms with van der Waals surface area (Å²) in [7, 11) is 1.73. The highest BCUT2D eigenvalue weighted by Crippen LogP contribution is 2.26. The first-order valence-corrected chi connectivity index (χ1v) is 11.8. The zero-order valence-corrected chi connectivity index (χ0v) is 20.2. The molecular formula is C25H28ClN7O. The van der Waals surface area contributed by atoms with Gasteiger partial charge in [0, 0.05) is 50.9 Å². The summed E-state index contributed by atoms with van der Waals surface area (Å²) in [5, 5.41) is 18.0. The summed E-state index contributed by atoms with van der Waals surface area (Å²) in [6.07, 6.45) is 2.23. The minimum Gasteiger partial charge on any atom is -0.379 e. The Morgan fingerprint density at radius 2 is 1.85 bits per heavy atom. The second-order valence-corrected chi connectivity index (χ2v) is 9.08. The van der Waals surface area contributed by atoms with Gasteiger partial charge in [0.1, 0.15) is 5.82 Å². The van der Waals surface area contributed by atoms with Crippen molar-refractivity contribution in [1.29, 1.82) is 5.41 Å². The smallest absolute Gasteiger partial charge is 0.161 e. The highest BCUT2D eigenvalue weighted by Gasteiger charge is 2.18. The third-order valence-corrected chi connectivity index (χ3v) is 6.47. The number of pyridine rings is 1. The van der Waals surface area contributed by atoms with Crippen LogP contribution in [-0.4, -0.2) is 69.3 Å². The number of morpholine rings is 1. The van der Waals surface area contributed by atoms with Crippen LogP contribution in [0, 0.1) is 12.3 Å². The van der Waals surface area contributed by atoms with Gasteiger partial charge in [0.2, 0.25) is 0 Å². The molecule has 0 spiro atoms. The SMILES string of the molecule is CN=CCC(=N)c1cc2c(ccc3nnc(C)n32)n1Cc1cc(Cl)cc(CN2CCOCC2)c1. The van der Waals surface area contributed by atoms with Gasteiger partial charge in [0.25, 0.3) is 0 Å². The van der Waals surface area contributed by atoms with Crippen molar-refractivity contribution in [3.8, 4) is 0 Å². The topological polar surface area (TPSA) is 83.8 Å². The van der Waals surface area contributed by atoms with Gasteiger partial charge in [-0.25, -0.2) is 0 Å². The Bertz CT molecular complexity index is 1380. The van der Waals surface area contributed by atoms with Gasteiger partial charge in [0.15, 0.2) is 5.65 Å². The van der Waals surface area contributed by atoms with E-state index in [9.17, 15) is 0 Å². The second kappa shape index (κ2) is 9.66. The highest BCUT2D eigenvalue weighted by atomic mass is 35.5. The van der Waals surface area contributed by atoms with E-state index < -0.39 is 0 Å². The summed E-state index contributed by atoms with van der Waals surface area (Å²) < 4.78 is 9.71. The Morgan fingerprint density at radius 1 is 1.09 bits per heavy atom. The van der Waals surface area contributed by atoms with E-state index in [-0.39, 0.29) is 0 Å². The van der Waals surface area contributed by atoms with Crippen molar-refractivity contribution in [3.05, 3.63) is 64.1 Å². The van der Waals surface area contributed by atoms with Gasteiger partial charge >= 0.3 is 0 Å². The molecule has 5 rings (SSSR count). The molecule has 9 heteroatoms. The number of aromatic nitrogens is 4. The fourth-order valence-electron chi connectivity index (χ4n) is 4.65. The van der Waals surface area contributed by atoms with Crippen LogP contribution >= 0.6 is 11.6 Å².